The van der Waals surface area contributed by atoms with E-state index in [1.165, 1.54) is 24.3 Å². The molecular weight excluding hydrogens is 800 g/mol. The molecule has 0 amide bonds. The molecule has 0 fully saturated rings. The van der Waals surface area contributed by atoms with Gasteiger partial charge in [-0.3, -0.25) is 24.7 Å². The van der Waals surface area contributed by atoms with E-state index >= 15 is 0 Å². The number of aliphatic hydroxyl groups is 4. The second kappa shape index (κ2) is 24.0. The van der Waals surface area contributed by atoms with Crippen LogP contribution < -0.4 is 15.6 Å². The maximum Gasteiger partial charge on any atom is 2.00 e. The fourth-order valence-corrected chi connectivity index (χ4v) is 5.54. The summed E-state index contributed by atoms with van der Waals surface area (Å²) in [5, 5.41) is 57.5. The van der Waals surface area contributed by atoms with Crippen LogP contribution in [0.4, 0.5) is 0 Å². The van der Waals surface area contributed by atoms with Gasteiger partial charge in [-0.1, -0.05) is 48.2 Å². The van der Waals surface area contributed by atoms with Crippen molar-refractivity contribution in [1.82, 2.24) is 19.9 Å². The first-order valence-electron chi connectivity index (χ1n) is 15.7. The number of hydrogen-bond donors (Lipinski definition) is 4. The third-order valence-electron chi connectivity index (χ3n) is 7.11. The predicted molar refractivity (Wildman–Crippen MR) is 198 cm³/mol. The summed E-state index contributed by atoms with van der Waals surface area (Å²) in [5.74, 6) is -1.13. The van der Waals surface area contributed by atoms with Gasteiger partial charge in [0.2, 0.25) is 0 Å². The van der Waals surface area contributed by atoms with Crippen molar-refractivity contribution in [2.75, 3.05) is 0 Å². The molecule has 6 aromatic rings. The van der Waals surface area contributed by atoms with Gasteiger partial charge >= 0.3 is 19.5 Å². The molecule has 0 unspecified atom stereocenters. The zero-order valence-electron chi connectivity index (χ0n) is 29.6. The predicted octanol–water partition coefficient (Wildman–Crippen LogP) is 0.221. The second-order valence-corrected chi connectivity index (χ2v) is 12.4. The maximum atomic E-state index is 11.1. The molecule has 0 aliphatic carbocycles. The fourth-order valence-electron chi connectivity index (χ4n) is 4.44. The monoisotopic (exact) mass is 835 g/mol. The van der Waals surface area contributed by atoms with Gasteiger partial charge in [-0.2, -0.15) is 12.8 Å². The molecule has 1 aliphatic heterocycles. The molecule has 0 atom stereocenters. The molecule has 5 heterocycles. The average molecular weight is 837 g/mol. The SMILES string of the molecule is O.O.O=S1(=O)N=C([O-])c2ccccc21.O=c1cccccc1[O-].OCc1ccnc(-c2cc(CO)ccn2)c1.OCc1ccnc(-c2cc(CO)ccn2)c1.[Zn+2]. The van der Waals surface area contributed by atoms with Gasteiger partial charge in [-0.25, -0.2) is 0 Å². The van der Waals surface area contributed by atoms with Crippen LogP contribution in [0.5, 0.6) is 5.75 Å². The van der Waals surface area contributed by atoms with Gasteiger partial charge < -0.3 is 41.6 Å². The Hall–Kier alpha value is -5.69. The van der Waals surface area contributed by atoms with E-state index in [1.54, 1.807) is 104 Å². The molecule has 8 N–H and O–H groups in total. The first-order valence-corrected chi connectivity index (χ1v) is 17.1. The summed E-state index contributed by atoms with van der Waals surface area (Å²) >= 11 is 0. The summed E-state index contributed by atoms with van der Waals surface area (Å²) in [4.78, 5) is 27.2. The standard InChI is InChI=1S/2C12H12N2O2.C7H5NO3S.C7H6O2.2H2O.Zn/c2*15-7-9-1-3-13-11(5-9)12-6-10(8-16)2-4-14-12;9-7-5-3-1-2-4-6(5)12(10,11)8-7;8-6-4-2-1-3-5-7(6)9;;;/h2*1-6,15-16H,7-8H2;1-4H,(H,8,9);1-5H,(H,8,9);2*1H2;/q;;;;;;+2/p-2. The summed E-state index contributed by atoms with van der Waals surface area (Å²) in [7, 11) is -3.68. The number of hydrogen-bond acceptors (Lipinski definition) is 13. The van der Waals surface area contributed by atoms with Crippen molar-refractivity contribution < 1.29 is 69.5 Å². The third-order valence-corrected chi connectivity index (χ3v) is 8.43. The molecule has 0 spiro atoms. The van der Waals surface area contributed by atoms with E-state index in [2.05, 4.69) is 24.3 Å². The molecule has 4 aromatic heterocycles. The summed E-state index contributed by atoms with van der Waals surface area (Å²) in [6, 6.07) is 27.3. The number of pyridine rings is 4. The first kappa shape index (κ1) is 48.3. The smallest absolute Gasteiger partial charge is 0.870 e. The van der Waals surface area contributed by atoms with E-state index in [9.17, 15) is 23.4 Å². The van der Waals surface area contributed by atoms with Crippen LogP contribution in [0, 0.1) is 0 Å². The molecule has 288 valence electrons. The minimum atomic E-state index is -3.68. The zero-order valence-corrected chi connectivity index (χ0v) is 33.4. The summed E-state index contributed by atoms with van der Waals surface area (Å²) in [5.41, 5.74) is 5.66. The fraction of sp³-hybridized carbons (Fsp3) is 0.105. The largest absolute Gasteiger partial charge is 2.00 e. The molecular formula is C38H37N5O11SZn. The number of rotatable bonds is 6. The number of fused-ring (bicyclic) bond motifs is 1. The van der Waals surface area contributed by atoms with Crippen LogP contribution in [0.15, 0.2) is 142 Å². The van der Waals surface area contributed by atoms with Crippen LogP contribution >= 0.6 is 0 Å². The van der Waals surface area contributed by atoms with E-state index < -0.39 is 27.1 Å². The number of aromatic nitrogens is 4. The third kappa shape index (κ3) is 13.9. The molecule has 18 heteroatoms. The number of aliphatic hydroxyl groups excluding tert-OH is 4. The molecule has 7 rings (SSSR count). The molecule has 16 nitrogen and oxygen atoms in total. The Morgan fingerprint density at radius 1 is 0.518 bits per heavy atom. The van der Waals surface area contributed by atoms with Gasteiger partial charge in [0.15, 0.2) is 5.43 Å². The summed E-state index contributed by atoms with van der Waals surface area (Å²) in [6.07, 6.45) is 6.53. The second-order valence-electron chi connectivity index (χ2n) is 10.8. The Kier molecular flexibility index (Phi) is 20.7. The van der Waals surface area contributed by atoms with E-state index in [0.717, 1.165) is 22.3 Å². The Morgan fingerprint density at radius 3 is 1.25 bits per heavy atom. The van der Waals surface area contributed by atoms with Gasteiger partial charge in [0.1, 0.15) is 0 Å². The van der Waals surface area contributed by atoms with Crippen LogP contribution in [-0.4, -0.2) is 65.6 Å². The van der Waals surface area contributed by atoms with Crippen LogP contribution in [-0.2, 0) is 55.9 Å². The molecule has 0 saturated carbocycles. The quantitative estimate of drug-likeness (QED) is 0.164. The average Bonchev–Trinajstić information content (AvgIpc) is 3.29. The number of benzene rings is 1. The zero-order chi connectivity index (χ0) is 38.2. The molecule has 2 aromatic carbocycles. The van der Waals surface area contributed by atoms with Gasteiger partial charge in [-0.15, -0.1) is 0 Å². The minimum absolute atomic E-state index is 0. The van der Waals surface area contributed by atoms with Crippen LogP contribution in [0.1, 0.15) is 27.8 Å². The van der Waals surface area contributed by atoms with Crippen molar-refractivity contribution in [1.29, 1.82) is 0 Å². The Morgan fingerprint density at radius 2 is 0.875 bits per heavy atom. The van der Waals surface area contributed by atoms with E-state index in [0.29, 0.717) is 22.8 Å². The Bertz CT molecular complexity index is 2170. The maximum absolute atomic E-state index is 11.1. The Balaban J connectivity index is 0.000000374. The van der Waals surface area contributed by atoms with Gasteiger partial charge in [0.05, 0.1) is 54.1 Å². The van der Waals surface area contributed by atoms with Gasteiger partial charge in [0, 0.05) is 36.2 Å². The van der Waals surface area contributed by atoms with Gasteiger partial charge in [-0.05, 0) is 82.9 Å². The van der Waals surface area contributed by atoms with E-state index in [-0.39, 0.29) is 67.3 Å². The van der Waals surface area contributed by atoms with Crippen molar-refractivity contribution in [3.63, 3.8) is 0 Å². The summed E-state index contributed by atoms with van der Waals surface area (Å²) in [6.45, 7) is -0.0746. The van der Waals surface area contributed by atoms with Crippen LogP contribution in [0.2, 0.25) is 0 Å². The topological polar surface area (TPSA) is 305 Å². The van der Waals surface area contributed by atoms with Crippen molar-refractivity contribution in [2.24, 2.45) is 4.40 Å². The van der Waals surface area contributed by atoms with Crippen LogP contribution in [0.3, 0.4) is 0 Å². The van der Waals surface area contributed by atoms with Crippen molar-refractivity contribution >= 4 is 15.9 Å². The van der Waals surface area contributed by atoms with Gasteiger partial charge in [0.25, 0.3) is 10.0 Å². The molecule has 56 heavy (non-hydrogen) atoms. The summed E-state index contributed by atoms with van der Waals surface area (Å²) < 4.78 is 25.2. The van der Waals surface area contributed by atoms with Crippen molar-refractivity contribution in [3.05, 3.63) is 166 Å². The van der Waals surface area contributed by atoms with E-state index in [4.69, 9.17) is 20.4 Å². The molecule has 1 aliphatic rings. The number of nitrogens with zero attached hydrogens (tertiary/aromatic N) is 5. The molecule has 0 radical (unpaired) electrons. The van der Waals surface area contributed by atoms with E-state index in [1.807, 2.05) is 0 Å². The Labute approximate surface area is 334 Å². The normalized spacial score (nSPS) is 11.3. The minimum Gasteiger partial charge on any atom is -0.870 e. The molecule has 0 bridgehead atoms. The first-order chi connectivity index (χ1) is 25.6. The number of sulfonamides is 1. The van der Waals surface area contributed by atoms with Crippen molar-refractivity contribution in [3.8, 4) is 28.5 Å². The van der Waals surface area contributed by atoms with Crippen LogP contribution in [0.25, 0.3) is 22.8 Å². The molecule has 0 saturated heterocycles. The van der Waals surface area contributed by atoms with Crippen molar-refractivity contribution in [2.45, 2.75) is 31.3 Å².